The summed E-state index contributed by atoms with van der Waals surface area (Å²) in [7, 11) is 0. The number of halogens is 2. The Hall–Kier alpha value is -0.440. The van der Waals surface area contributed by atoms with Crippen molar-refractivity contribution < 1.29 is 13.9 Å². The Morgan fingerprint density at radius 1 is 1.33 bits per heavy atom. The minimum Gasteiger partial charge on any atom is -0.393 e. The number of allylic oxidation sites excluding steroid dienone is 1. The van der Waals surface area contributed by atoms with Crippen LogP contribution >= 0.6 is 0 Å². The Morgan fingerprint density at radius 3 is 2.44 bits per heavy atom. The molecular weight excluding hydrogens is 126 g/mol. The number of aliphatic hydroxyl groups excluding tert-OH is 1. The van der Waals surface area contributed by atoms with Crippen LogP contribution in [-0.4, -0.2) is 11.2 Å². The predicted octanol–water partition coefficient (Wildman–Crippen LogP) is 1.68. The van der Waals surface area contributed by atoms with Crippen molar-refractivity contribution in [3.63, 3.8) is 0 Å². The second-order valence-electron chi connectivity index (χ2n) is 2.21. The second kappa shape index (κ2) is 2.43. The number of rotatable bonds is 0. The molecule has 0 bridgehead atoms. The molecule has 1 aliphatic rings. The minimum absolute atomic E-state index is 0.0486. The van der Waals surface area contributed by atoms with E-state index in [0.29, 0.717) is 6.42 Å². The third kappa shape index (κ3) is 1.48. The molecule has 0 saturated carbocycles. The minimum atomic E-state index is -0.784. The van der Waals surface area contributed by atoms with E-state index in [1.165, 1.54) is 0 Å². The molecule has 0 fully saturated rings. The topological polar surface area (TPSA) is 20.2 Å². The molecule has 0 spiro atoms. The van der Waals surface area contributed by atoms with Crippen LogP contribution in [0.15, 0.2) is 11.7 Å². The molecule has 3 heteroatoms. The highest BCUT2D eigenvalue weighted by molar-refractivity contribution is 5.05. The monoisotopic (exact) mass is 134 g/mol. The highest BCUT2D eigenvalue weighted by Crippen LogP contribution is 2.26. The van der Waals surface area contributed by atoms with E-state index in [2.05, 4.69) is 0 Å². The molecule has 0 heterocycles. The average molecular weight is 134 g/mol. The van der Waals surface area contributed by atoms with Gasteiger partial charge in [0.2, 0.25) is 0 Å². The van der Waals surface area contributed by atoms with E-state index in [0.717, 1.165) is 0 Å². The summed E-state index contributed by atoms with van der Waals surface area (Å²) in [4.78, 5) is 0. The molecule has 0 aromatic carbocycles. The summed E-state index contributed by atoms with van der Waals surface area (Å²) in [6.07, 6.45) is -0.428. The maximum absolute atomic E-state index is 12.2. The van der Waals surface area contributed by atoms with Crippen LogP contribution in [-0.2, 0) is 0 Å². The van der Waals surface area contributed by atoms with E-state index in [4.69, 9.17) is 5.11 Å². The highest BCUT2D eigenvalue weighted by Gasteiger charge is 2.18. The van der Waals surface area contributed by atoms with Crippen LogP contribution < -0.4 is 0 Å². The van der Waals surface area contributed by atoms with E-state index in [9.17, 15) is 8.78 Å². The van der Waals surface area contributed by atoms with E-state index >= 15 is 0 Å². The van der Waals surface area contributed by atoms with Gasteiger partial charge in [0.1, 0.15) is 11.7 Å². The van der Waals surface area contributed by atoms with Gasteiger partial charge >= 0.3 is 0 Å². The van der Waals surface area contributed by atoms with Crippen LogP contribution in [0, 0.1) is 0 Å². The summed E-state index contributed by atoms with van der Waals surface area (Å²) in [5.74, 6) is -1.48. The van der Waals surface area contributed by atoms with Crippen molar-refractivity contribution in [3.8, 4) is 0 Å². The van der Waals surface area contributed by atoms with Gasteiger partial charge in [-0.15, -0.1) is 0 Å². The lowest BCUT2D eigenvalue weighted by molar-refractivity contribution is 0.143. The first-order valence-electron chi connectivity index (χ1n) is 2.91. The van der Waals surface area contributed by atoms with E-state index in [-0.39, 0.29) is 12.8 Å². The summed E-state index contributed by atoms with van der Waals surface area (Å²) in [5, 5.41) is 8.76. The van der Waals surface area contributed by atoms with Gasteiger partial charge in [-0.2, -0.15) is 0 Å². The first kappa shape index (κ1) is 6.68. The van der Waals surface area contributed by atoms with Gasteiger partial charge in [0.05, 0.1) is 6.10 Å². The van der Waals surface area contributed by atoms with Crippen molar-refractivity contribution in [1.29, 1.82) is 0 Å². The molecular formula is C6H8F2O. The van der Waals surface area contributed by atoms with Crippen molar-refractivity contribution in [1.82, 2.24) is 0 Å². The molecule has 0 saturated heterocycles. The highest BCUT2D eigenvalue weighted by atomic mass is 19.2. The summed E-state index contributed by atoms with van der Waals surface area (Å²) in [6.45, 7) is 0. The van der Waals surface area contributed by atoms with Gasteiger partial charge in [-0.25, -0.2) is 8.78 Å². The molecule has 1 atom stereocenters. The first-order valence-corrected chi connectivity index (χ1v) is 2.91. The molecule has 1 nitrogen and oxygen atoms in total. The quantitative estimate of drug-likeness (QED) is 0.534. The molecule has 0 radical (unpaired) electrons. The van der Waals surface area contributed by atoms with Gasteiger partial charge in [-0.1, -0.05) is 0 Å². The lowest BCUT2D eigenvalue weighted by Gasteiger charge is -2.13. The number of hydrogen-bond donors (Lipinski definition) is 1. The zero-order valence-electron chi connectivity index (χ0n) is 4.90. The normalized spacial score (nSPS) is 29.0. The maximum atomic E-state index is 12.2. The third-order valence-electron chi connectivity index (χ3n) is 1.41. The molecule has 0 aromatic heterocycles. The van der Waals surface area contributed by atoms with Gasteiger partial charge in [0, 0.05) is 12.8 Å². The Morgan fingerprint density at radius 2 is 2.00 bits per heavy atom. The van der Waals surface area contributed by atoms with Crippen LogP contribution in [0.3, 0.4) is 0 Å². The Balaban J connectivity index is 2.61. The van der Waals surface area contributed by atoms with Crippen LogP contribution in [0.2, 0.25) is 0 Å². The zero-order chi connectivity index (χ0) is 6.85. The van der Waals surface area contributed by atoms with Crippen LogP contribution in [0.5, 0.6) is 0 Å². The molecule has 0 amide bonds. The Kier molecular flexibility index (Phi) is 1.81. The van der Waals surface area contributed by atoms with Crippen molar-refractivity contribution in [3.05, 3.63) is 11.7 Å². The van der Waals surface area contributed by atoms with Gasteiger partial charge < -0.3 is 5.11 Å². The molecule has 1 rings (SSSR count). The molecule has 9 heavy (non-hydrogen) atoms. The molecule has 0 aromatic rings. The van der Waals surface area contributed by atoms with Gasteiger partial charge in [-0.3, -0.25) is 0 Å². The molecule has 1 aliphatic carbocycles. The van der Waals surface area contributed by atoms with Gasteiger partial charge in [0.15, 0.2) is 0 Å². The second-order valence-corrected chi connectivity index (χ2v) is 2.21. The fourth-order valence-corrected chi connectivity index (χ4v) is 0.849. The van der Waals surface area contributed by atoms with E-state index in [1.54, 1.807) is 0 Å². The molecule has 0 aliphatic heterocycles. The SMILES string of the molecule is OC1CCC(F)=C(F)C1. The third-order valence-corrected chi connectivity index (χ3v) is 1.41. The lowest BCUT2D eigenvalue weighted by Crippen LogP contribution is -2.11. The fraction of sp³-hybridized carbons (Fsp3) is 0.667. The largest absolute Gasteiger partial charge is 0.393 e. The van der Waals surface area contributed by atoms with Crippen LogP contribution in [0.25, 0.3) is 0 Å². The Labute approximate surface area is 52.0 Å². The zero-order valence-corrected chi connectivity index (χ0v) is 4.90. The van der Waals surface area contributed by atoms with E-state index in [1.807, 2.05) is 0 Å². The molecule has 1 N–H and O–H groups in total. The summed E-state index contributed by atoms with van der Waals surface area (Å²) < 4.78 is 24.3. The fourth-order valence-electron chi connectivity index (χ4n) is 0.849. The van der Waals surface area contributed by atoms with Crippen molar-refractivity contribution in [2.24, 2.45) is 0 Å². The maximum Gasteiger partial charge on any atom is 0.134 e. The number of aliphatic hydroxyl groups is 1. The molecule has 1 unspecified atom stereocenters. The number of hydrogen-bond acceptors (Lipinski definition) is 1. The first-order chi connectivity index (χ1) is 4.20. The Bertz CT molecular complexity index is 142. The standard InChI is InChI=1S/C6H8F2O/c7-5-2-1-4(9)3-6(5)8/h4,9H,1-3H2. The van der Waals surface area contributed by atoms with Crippen LogP contribution in [0.4, 0.5) is 8.78 Å². The van der Waals surface area contributed by atoms with Gasteiger partial charge in [0.25, 0.3) is 0 Å². The van der Waals surface area contributed by atoms with Crippen molar-refractivity contribution >= 4 is 0 Å². The summed E-state index contributed by atoms with van der Waals surface area (Å²) in [6, 6.07) is 0. The van der Waals surface area contributed by atoms with Crippen molar-refractivity contribution in [2.75, 3.05) is 0 Å². The predicted molar refractivity (Wildman–Crippen MR) is 29.1 cm³/mol. The average Bonchev–Trinajstić information content (AvgIpc) is 1.80. The van der Waals surface area contributed by atoms with Gasteiger partial charge in [-0.05, 0) is 6.42 Å². The lowest BCUT2D eigenvalue weighted by atomic mass is 10.0. The van der Waals surface area contributed by atoms with Crippen molar-refractivity contribution in [2.45, 2.75) is 25.4 Å². The van der Waals surface area contributed by atoms with Crippen LogP contribution in [0.1, 0.15) is 19.3 Å². The molecule has 52 valence electrons. The van der Waals surface area contributed by atoms with E-state index < -0.39 is 17.8 Å². The summed E-state index contributed by atoms with van der Waals surface area (Å²) in [5.41, 5.74) is 0. The smallest absolute Gasteiger partial charge is 0.134 e. The summed E-state index contributed by atoms with van der Waals surface area (Å²) >= 11 is 0.